The van der Waals surface area contributed by atoms with Crippen molar-refractivity contribution in [1.29, 1.82) is 0 Å². The van der Waals surface area contributed by atoms with Gasteiger partial charge in [-0.05, 0) is 49.0 Å². The van der Waals surface area contributed by atoms with Crippen LogP contribution in [-0.2, 0) is 4.79 Å². The minimum atomic E-state index is -0.346. The molecule has 0 fully saturated rings. The molecule has 0 aliphatic heterocycles. The highest BCUT2D eigenvalue weighted by Gasteiger charge is 2.14. The van der Waals surface area contributed by atoms with Crippen LogP contribution >= 0.6 is 12.2 Å². The number of rotatable bonds is 7. The van der Waals surface area contributed by atoms with Gasteiger partial charge in [-0.1, -0.05) is 31.5 Å². The summed E-state index contributed by atoms with van der Waals surface area (Å²) < 4.78 is 5.70. The third-order valence-electron chi connectivity index (χ3n) is 4.08. The van der Waals surface area contributed by atoms with Gasteiger partial charge in [0.05, 0.1) is 12.2 Å². The van der Waals surface area contributed by atoms with Gasteiger partial charge < -0.3 is 15.0 Å². The molecular formula is C21H25N3O3S. The van der Waals surface area contributed by atoms with Crippen molar-refractivity contribution in [3.8, 4) is 5.75 Å². The van der Waals surface area contributed by atoms with Crippen LogP contribution in [-0.4, -0.2) is 30.6 Å². The molecule has 0 unspecified atom stereocenters. The first-order valence-electron chi connectivity index (χ1n) is 9.11. The maximum atomic E-state index is 12.6. The fourth-order valence-corrected chi connectivity index (χ4v) is 2.62. The number of thiocarbonyl (C=S) groups is 1. The van der Waals surface area contributed by atoms with Crippen LogP contribution in [0.25, 0.3) is 0 Å². The molecule has 0 aliphatic carbocycles. The number of hydrogen-bond acceptors (Lipinski definition) is 4. The standard InChI is InChI=1S/C21H25N3O3S/c1-4-5-13-27-19-12-7-6-11-18(19)20(26)23-21(28)22-16-9-8-10-17(14-16)24(3)15(2)25/h6-12,14H,4-5,13H2,1-3H3,(H2,22,23,26,28). The van der Waals surface area contributed by atoms with E-state index in [0.717, 1.165) is 18.5 Å². The first-order valence-corrected chi connectivity index (χ1v) is 9.51. The molecule has 0 spiro atoms. The maximum Gasteiger partial charge on any atom is 0.261 e. The van der Waals surface area contributed by atoms with Gasteiger partial charge in [0, 0.05) is 25.3 Å². The third-order valence-corrected chi connectivity index (χ3v) is 4.28. The summed E-state index contributed by atoms with van der Waals surface area (Å²) in [6.45, 7) is 4.13. The highest BCUT2D eigenvalue weighted by atomic mass is 32.1. The quantitative estimate of drug-likeness (QED) is 0.544. The van der Waals surface area contributed by atoms with Crippen molar-refractivity contribution in [2.45, 2.75) is 26.7 Å². The lowest BCUT2D eigenvalue weighted by Gasteiger charge is -2.17. The molecule has 6 nitrogen and oxygen atoms in total. The summed E-state index contributed by atoms with van der Waals surface area (Å²) in [7, 11) is 1.69. The Labute approximate surface area is 170 Å². The van der Waals surface area contributed by atoms with Gasteiger partial charge in [0.2, 0.25) is 5.91 Å². The molecule has 7 heteroatoms. The molecule has 148 valence electrons. The molecule has 0 aliphatic rings. The molecule has 2 aromatic carbocycles. The molecular weight excluding hydrogens is 374 g/mol. The summed E-state index contributed by atoms with van der Waals surface area (Å²) in [4.78, 5) is 25.6. The summed E-state index contributed by atoms with van der Waals surface area (Å²) in [5.41, 5.74) is 1.82. The Kier molecular flexibility index (Phi) is 7.95. The van der Waals surface area contributed by atoms with Gasteiger partial charge in [0.25, 0.3) is 5.91 Å². The molecule has 0 saturated heterocycles. The average Bonchev–Trinajstić information content (AvgIpc) is 2.68. The normalized spacial score (nSPS) is 10.1. The molecule has 2 aromatic rings. The van der Waals surface area contributed by atoms with E-state index in [2.05, 4.69) is 17.6 Å². The summed E-state index contributed by atoms with van der Waals surface area (Å²) in [5.74, 6) is 0.107. The summed E-state index contributed by atoms with van der Waals surface area (Å²) >= 11 is 5.26. The minimum absolute atomic E-state index is 0.0762. The minimum Gasteiger partial charge on any atom is -0.493 e. The van der Waals surface area contributed by atoms with E-state index < -0.39 is 0 Å². The Balaban J connectivity index is 2.03. The van der Waals surface area contributed by atoms with Crippen LogP contribution in [0.2, 0.25) is 0 Å². The fraction of sp³-hybridized carbons (Fsp3) is 0.286. The molecule has 0 saturated carbocycles. The Morgan fingerprint density at radius 1 is 1.14 bits per heavy atom. The van der Waals surface area contributed by atoms with Crippen molar-refractivity contribution in [3.05, 3.63) is 54.1 Å². The number of benzene rings is 2. The predicted octanol–water partition coefficient (Wildman–Crippen LogP) is 3.98. The van der Waals surface area contributed by atoms with E-state index in [1.54, 1.807) is 43.4 Å². The first-order chi connectivity index (χ1) is 13.4. The second kappa shape index (κ2) is 10.4. The van der Waals surface area contributed by atoms with Crippen molar-refractivity contribution >= 4 is 40.5 Å². The van der Waals surface area contributed by atoms with Crippen molar-refractivity contribution in [3.63, 3.8) is 0 Å². The molecule has 2 amide bonds. The predicted molar refractivity (Wildman–Crippen MR) is 116 cm³/mol. The Bertz CT molecular complexity index is 854. The van der Waals surface area contributed by atoms with E-state index in [9.17, 15) is 9.59 Å². The van der Waals surface area contributed by atoms with Crippen LogP contribution in [0.5, 0.6) is 5.75 Å². The van der Waals surface area contributed by atoms with Crippen LogP contribution in [0.3, 0.4) is 0 Å². The second-order valence-corrected chi connectivity index (χ2v) is 6.64. The van der Waals surface area contributed by atoms with Crippen LogP contribution in [0.1, 0.15) is 37.0 Å². The van der Waals surface area contributed by atoms with Crippen LogP contribution in [0.4, 0.5) is 11.4 Å². The molecule has 0 aromatic heterocycles. The Morgan fingerprint density at radius 3 is 2.61 bits per heavy atom. The topological polar surface area (TPSA) is 70.7 Å². The van der Waals surface area contributed by atoms with Crippen molar-refractivity contribution < 1.29 is 14.3 Å². The van der Waals surface area contributed by atoms with Gasteiger partial charge >= 0.3 is 0 Å². The highest BCUT2D eigenvalue weighted by molar-refractivity contribution is 7.80. The summed E-state index contributed by atoms with van der Waals surface area (Å²) in [6.07, 6.45) is 1.93. The van der Waals surface area contributed by atoms with Crippen molar-refractivity contribution in [2.24, 2.45) is 0 Å². The molecule has 0 atom stereocenters. The van der Waals surface area contributed by atoms with Crippen molar-refractivity contribution in [2.75, 3.05) is 23.9 Å². The first kappa shape index (κ1) is 21.4. The monoisotopic (exact) mass is 399 g/mol. The number of carbonyl (C=O) groups is 2. The molecule has 0 radical (unpaired) electrons. The van der Waals surface area contributed by atoms with Crippen LogP contribution < -0.4 is 20.3 Å². The molecule has 28 heavy (non-hydrogen) atoms. The van der Waals surface area contributed by atoms with E-state index in [0.29, 0.717) is 23.6 Å². The zero-order chi connectivity index (χ0) is 20.5. The molecule has 2 rings (SSSR count). The van der Waals surface area contributed by atoms with E-state index in [4.69, 9.17) is 17.0 Å². The van der Waals surface area contributed by atoms with E-state index >= 15 is 0 Å². The van der Waals surface area contributed by atoms with Gasteiger partial charge in [0.15, 0.2) is 5.11 Å². The Hall–Kier alpha value is -2.93. The number of anilines is 2. The van der Waals surface area contributed by atoms with E-state index in [1.165, 1.54) is 11.8 Å². The zero-order valence-corrected chi connectivity index (χ0v) is 17.1. The number of nitrogens with one attached hydrogen (secondary N) is 2. The van der Waals surface area contributed by atoms with Gasteiger partial charge in [-0.25, -0.2) is 0 Å². The smallest absolute Gasteiger partial charge is 0.261 e. The Morgan fingerprint density at radius 2 is 1.89 bits per heavy atom. The number of carbonyl (C=O) groups excluding carboxylic acids is 2. The lowest BCUT2D eigenvalue weighted by atomic mass is 10.2. The number of para-hydroxylation sites is 1. The van der Waals surface area contributed by atoms with E-state index in [-0.39, 0.29) is 16.9 Å². The molecule has 0 bridgehead atoms. The van der Waals surface area contributed by atoms with Gasteiger partial charge in [-0.15, -0.1) is 0 Å². The zero-order valence-electron chi connectivity index (χ0n) is 16.3. The van der Waals surface area contributed by atoms with Crippen LogP contribution in [0.15, 0.2) is 48.5 Å². The number of ether oxygens (including phenoxy) is 1. The molecule has 2 N–H and O–H groups in total. The average molecular weight is 400 g/mol. The lowest BCUT2D eigenvalue weighted by Crippen LogP contribution is -2.34. The number of nitrogens with zero attached hydrogens (tertiary/aromatic N) is 1. The maximum absolute atomic E-state index is 12.6. The molecule has 0 heterocycles. The van der Waals surface area contributed by atoms with E-state index in [1.807, 2.05) is 12.1 Å². The van der Waals surface area contributed by atoms with Gasteiger partial charge in [0.1, 0.15) is 5.75 Å². The third kappa shape index (κ3) is 6.06. The fourth-order valence-electron chi connectivity index (χ4n) is 2.41. The van der Waals surface area contributed by atoms with Crippen molar-refractivity contribution in [1.82, 2.24) is 5.32 Å². The summed E-state index contributed by atoms with van der Waals surface area (Å²) in [5, 5.41) is 5.80. The SMILES string of the molecule is CCCCOc1ccccc1C(=O)NC(=S)Nc1cccc(N(C)C(C)=O)c1. The number of hydrogen-bond donors (Lipinski definition) is 2. The largest absolute Gasteiger partial charge is 0.493 e. The number of amides is 2. The highest BCUT2D eigenvalue weighted by Crippen LogP contribution is 2.20. The second-order valence-electron chi connectivity index (χ2n) is 6.23. The van der Waals surface area contributed by atoms with Crippen LogP contribution in [0, 0.1) is 0 Å². The lowest BCUT2D eigenvalue weighted by molar-refractivity contribution is -0.116. The van der Waals surface area contributed by atoms with Gasteiger partial charge in [-0.3, -0.25) is 14.9 Å². The summed E-state index contributed by atoms with van der Waals surface area (Å²) in [6, 6.07) is 14.3. The van der Waals surface area contributed by atoms with Gasteiger partial charge in [-0.2, -0.15) is 0 Å². The number of unbranched alkanes of at least 4 members (excludes halogenated alkanes) is 1.